The van der Waals surface area contributed by atoms with Gasteiger partial charge >= 0.3 is 5.97 Å². The van der Waals surface area contributed by atoms with Crippen LogP contribution in [0.5, 0.6) is 0 Å². The van der Waals surface area contributed by atoms with Crippen molar-refractivity contribution in [2.24, 2.45) is 21.7 Å². The maximum atomic E-state index is 12.9. The topological polar surface area (TPSA) is 60.4 Å². The molecule has 4 atom stereocenters. The summed E-state index contributed by atoms with van der Waals surface area (Å²) in [7, 11) is 0. The Morgan fingerprint density at radius 3 is 2.47 bits per heavy atom. The van der Waals surface area contributed by atoms with Crippen LogP contribution in [0.25, 0.3) is 0 Å². The molecule has 4 nitrogen and oxygen atoms in total. The molecule has 0 aromatic carbocycles. The van der Waals surface area contributed by atoms with Crippen molar-refractivity contribution >= 4 is 17.5 Å². The Kier molecular flexibility index (Phi) is 1.53. The van der Waals surface area contributed by atoms with Crippen molar-refractivity contribution in [2.75, 3.05) is 6.61 Å². The van der Waals surface area contributed by atoms with Crippen LogP contribution in [0.2, 0.25) is 0 Å². The van der Waals surface area contributed by atoms with E-state index >= 15 is 0 Å². The molecule has 4 bridgehead atoms. The molecule has 1 heterocycles. The molecule has 3 fully saturated rings. The number of allylic oxidation sites excluding steroid dienone is 1. The Morgan fingerprint density at radius 1 is 1.11 bits per heavy atom. The molecule has 2 saturated carbocycles. The van der Waals surface area contributed by atoms with Crippen LogP contribution in [0.4, 0.5) is 0 Å². The van der Waals surface area contributed by atoms with Crippen molar-refractivity contribution in [1.82, 2.24) is 0 Å². The molecule has 4 aliphatic carbocycles. The third kappa shape index (κ3) is 0.791. The maximum absolute atomic E-state index is 12.9. The van der Waals surface area contributed by atoms with E-state index in [4.69, 9.17) is 4.74 Å². The first-order valence-corrected chi connectivity index (χ1v) is 6.70. The van der Waals surface area contributed by atoms with Gasteiger partial charge in [-0.2, -0.15) is 0 Å². The van der Waals surface area contributed by atoms with Crippen molar-refractivity contribution in [3.8, 4) is 0 Å². The molecule has 0 unspecified atom stereocenters. The summed E-state index contributed by atoms with van der Waals surface area (Å²) in [6.45, 7) is 5.80. The van der Waals surface area contributed by atoms with E-state index in [1.165, 1.54) is 0 Å². The number of ether oxygens (including phenoxy) is 1. The molecule has 1 saturated heterocycles. The summed E-state index contributed by atoms with van der Waals surface area (Å²) in [6.07, 6.45) is 2.53. The van der Waals surface area contributed by atoms with Crippen LogP contribution < -0.4 is 0 Å². The summed E-state index contributed by atoms with van der Waals surface area (Å²) in [5.41, 5.74) is -2.25. The minimum atomic E-state index is -0.776. The van der Waals surface area contributed by atoms with Crippen LogP contribution in [0.3, 0.4) is 0 Å². The lowest BCUT2D eigenvalue weighted by molar-refractivity contribution is -0.161. The number of hydrogen-bond donors (Lipinski definition) is 0. The van der Waals surface area contributed by atoms with E-state index in [0.29, 0.717) is 12.0 Å². The number of carbonyl (C=O) groups excluding carboxylic acids is 3. The van der Waals surface area contributed by atoms with E-state index in [9.17, 15) is 14.4 Å². The van der Waals surface area contributed by atoms with Crippen LogP contribution in [0.15, 0.2) is 11.6 Å². The largest absolute Gasteiger partial charge is 0.461 e. The van der Waals surface area contributed by atoms with Gasteiger partial charge in [-0.3, -0.25) is 9.59 Å². The van der Waals surface area contributed by atoms with Gasteiger partial charge in [0.05, 0.1) is 5.41 Å². The zero-order valence-electron chi connectivity index (χ0n) is 11.3. The minimum Gasteiger partial charge on any atom is -0.461 e. The lowest BCUT2D eigenvalue weighted by Crippen LogP contribution is -2.64. The van der Waals surface area contributed by atoms with E-state index in [-0.39, 0.29) is 30.6 Å². The van der Waals surface area contributed by atoms with Crippen LogP contribution in [0.1, 0.15) is 33.6 Å². The molecule has 5 aliphatic rings. The lowest BCUT2D eigenvalue weighted by atomic mass is 9.40. The Labute approximate surface area is 111 Å². The molecular formula is C15H16O4. The van der Waals surface area contributed by atoms with E-state index in [0.717, 1.165) is 0 Å². The summed E-state index contributed by atoms with van der Waals surface area (Å²) in [4.78, 5) is 37.5. The second-order valence-corrected chi connectivity index (χ2v) is 7.23. The fraction of sp³-hybridized carbons (Fsp3) is 0.667. The predicted octanol–water partition coefficient (Wildman–Crippen LogP) is 1.43. The third-order valence-corrected chi connectivity index (χ3v) is 6.32. The highest BCUT2D eigenvalue weighted by Crippen LogP contribution is 2.77. The number of Topliss-reactive ketones (excluding diaryl/α,β-unsaturated/α-hetero) is 2. The quantitative estimate of drug-likeness (QED) is 0.618. The zero-order chi connectivity index (χ0) is 13.8. The summed E-state index contributed by atoms with van der Waals surface area (Å²) < 4.78 is 5.26. The van der Waals surface area contributed by atoms with Crippen LogP contribution in [0, 0.1) is 21.7 Å². The number of ketones is 2. The van der Waals surface area contributed by atoms with E-state index in [1.54, 1.807) is 6.08 Å². The first-order chi connectivity index (χ1) is 8.71. The van der Waals surface area contributed by atoms with Gasteiger partial charge in [0.25, 0.3) is 0 Å². The molecule has 0 amide bonds. The number of cyclic esters (lactones) is 1. The minimum absolute atomic E-state index is 0.102. The third-order valence-electron chi connectivity index (χ3n) is 6.32. The van der Waals surface area contributed by atoms with E-state index < -0.39 is 21.7 Å². The average molecular weight is 260 g/mol. The molecule has 100 valence electrons. The van der Waals surface area contributed by atoms with Crippen LogP contribution in [-0.2, 0) is 19.1 Å². The van der Waals surface area contributed by atoms with Gasteiger partial charge in [-0.25, -0.2) is 4.79 Å². The smallest absolute Gasteiger partial charge is 0.334 e. The van der Waals surface area contributed by atoms with Crippen LogP contribution >= 0.6 is 0 Å². The van der Waals surface area contributed by atoms with Gasteiger partial charge in [0.15, 0.2) is 0 Å². The first kappa shape index (κ1) is 11.4. The predicted molar refractivity (Wildman–Crippen MR) is 65.0 cm³/mol. The zero-order valence-corrected chi connectivity index (χ0v) is 11.3. The molecule has 0 aromatic rings. The fourth-order valence-corrected chi connectivity index (χ4v) is 5.52. The first-order valence-electron chi connectivity index (χ1n) is 6.70. The Morgan fingerprint density at radius 2 is 1.79 bits per heavy atom. The fourth-order valence-electron chi connectivity index (χ4n) is 5.52. The van der Waals surface area contributed by atoms with Gasteiger partial charge < -0.3 is 4.74 Å². The molecule has 4 heteroatoms. The molecule has 0 aromatic heterocycles. The van der Waals surface area contributed by atoms with Gasteiger partial charge in [0.1, 0.15) is 18.2 Å². The van der Waals surface area contributed by atoms with Crippen molar-refractivity contribution in [1.29, 1.82) is 0 Å². The van der Waals surface area contributed by atoms with Crippen molar-refractivity contribution < 1.29 is 19.1 Å². The molecular weight excluding hydrogens is 244 g/mol. The molecule has 5 rings (SSSR count). The Bertz CT molecular complexity index is 618. The standard InChI is InChI=1S/C15H16O4/c1-12-4-8-10(17)19-7-15(8)13(2,11(12)18)5-9(16)14(15,3)6-12/h4H,5-7H2,1-3H3/t12-,13-,14-,15+/m0/s1. The number of hydrogen-bond acceptors (Lipinski definition) is 4. The molecule has 19 heavy (non-hydrogen) atoms. The molecule has 0 N–H and O–H groups in total. The summed E-state index contributed by atoms with van der Waals surface area (Å²) in [5, 5.41) is 0. The van der Waals surface area contributed by atoms with Gasteiger partial charge in [0, 0.05) is 28.2 Å². The van der Waals surface area contributed by atoms with Gasteiger partial charge in [-0.1, -0.05) is 19.9 Å². The molecule has 1 aliphatic heterocycles. The second kappa shape index (κ2) is 2.56. The average Bonchev–Trinajstić information content (AvgIpc) is 2.72. The number of rotatable bonds is 0. The van der Waals surface area contributed by atoms with Crippen molar-refractivity contribution in [2.45, 2.75) is 33.6 Å². The van der Waals surface area contributed by atoms with Crippen molar-refractivity contribution in [3.63, 3.8) is 0 Å². The Balaban J connectivity index is 2.16. The SMILES string of the molecule is C[C@]12C=C3C(=O)OC[C@@]34[C@@](C)(C1)C(=O)C[C@@]4(C)C2=O. The van der Waals surface area contributed by atoms with E-state index in [2.05, 4.69) is 0 Å². The summed E-state index contributed by atoms with van der Waals surface area (Å²) in [5.74, 6) is -0.132. The summed E-state index contributed by atoms with van der Waals surface area (Å²) >= 11 is 0. The number of carbonyl (C=O) groups is 3. The summed E-state index contributed by atoms with van der Waals surface area (Å²) in [6, 6.07) is 0. The van der Waals surface area contributed by atoms with Gasteiger partial charge in [-0.15, -0.1) is 0 Å². The monoisotopic (exact) mass is 260 g/mol. The second-order valence-electron chi connectivity index (χ2n) is 7.23. The molecule has 1 spiro atoms. The molecule has 0 radical (unpaired) electrons. The normalized spacial score (nSPS) is 54.3. The van der Waals surface area contributed by atoms with Gasteiger partial charge in [-0.05, 0) is 13.3 Å². The van der Waals surface area contributed by atoms with Crippen LogP contribution in [-0.4, -0.2) is 24.1 Å². The Hall–Kier alpha value is -1.45. The highest BCUT2D eigenvalue weighted by molar-refractivity contribution is 6.12. The lowest BCUT2D eigenvalue weighted by Gasteiger charge is -2.59. The van der Waals surface area contributed by atoms with Crippen molar-refractivity contribution in [3.05, 3.63) is 11.6 Å². The highest BCUT2D eigenvalue weighted by Gasteiger charge is 2.82. The number of esters is 1. The van der Waals surface area contributed by atoms with Gasteiger partial charge in [0.2, 0.25) is 0 Å². The maximum Gasteiger partial charge on any atom is 0.334 e. The van der Waals surface area contributed by atoms with E-state index in [1.807, 2.05) is 20.8 Å². The highest BCUT2D eigenvalue weighted by atomic mass is 16.5.